The summed E-state index contributed by atoms with van der Waals surface area (Å²) in [6.07, 6.45) is 0. The van der Waals surface area contributed by atoms with Crippen molar-refractivity contribution in [2.45, 2.75) is 4.90 Å². The molecule has 0 aliphatic carbocycles. The summed E-state index contributed by atoms with van der Waals surface area (Å²) in [5, 5.41) is 8.83. The van der Waals surface area contributed by atoms with Gasteiger partial charge in [-0.05, 0) is 30.3 Å². The van der Waals surface area contributed by atoms with Crippen LogP contribution in [-0.4, -0.2) is 16.8 Å². The Labute approximate surface area is 120 Å². The lowest BCUT2D eigenvalue weighted by atomic mass is 10.2. The van der Waals surface area contributed by atoms with Crippen LogP contribution in [0.25, 0.3) is 0 Å². The van der Waals surface area contributed by atoms with Crippen molar-refractivity contribution >= 4 is 17.7 Å². The molecule has 2 aromatic rings. The number of thioether (sulfide) groups is 1. The van der Waals surface area contributed by atoms with Gasteiger partial charge in [-0.15, -0.1) is 11.8 Å². The molecule has 20 heavy (non-hydrogen) atoms. The van der Waals surface area contributed by atoms with E-state index in [9.17, 15) is 9.18 Å². The fourth-order valence-corrected chi connectivity index (χ4v) is 2.21. The van der Waals surface area contributed by atoms with Crippen LogP contribution in [0.15, 0.2) is 53.4 Å². The molecule has 0 aliphatic heterocycles. The summed E-state index contributed by atoms with van der Waals surface area (Å²) in [7, 11) is 0. The van der Waals surface area contributed by atoms with Gasteiger partial charge in [0.05, 0.1) is 11.3 Å². The summed E-state index contributed by atoms with van der Waals surface area (Å²) >= 11 is 1.38. The SMILES string of the molecule is O=C(O)c1cc(SCC#Cc2ccccc2)ccc1F. The molecule has 0 spiro atoms. The molecule has 0 fully saturated rings. The largest absolute Gasteiger partial charge is 0.478 e. The van der Waals surface area contributed by atoms with E-state index in [1.54, 1.807) is 6.07 Å². The maximum absolute atomic E-state index is 13.2. The number of carboxylic acids is 1. The van der Waals surface area contributed by atoms with Crippen molar-refractivity contribution in [3.05, 3.63) is 65.5 Å². The molecule has 0 bridgehead atoms. The molecule has 0 atom stereocenters. The molecule has 0 unspecified atom stereocenters. The molecule has 0 amide bonds. The van der Waals surface area contributed by atoms with Crippen LogP contribution in [0, 0.1) is 17.7 Å². The second-order valence-corrected chi connectivity index (χ2v) is 4.95. The molecule has 1 N–H and O–H groups in total. The molecule has 2 rings (SSSR count). The summed E-state index contributed by atoms with van der Waals surface area (Å²) in [5.41, 5.74) is 0.615. The predicted molar refractivity (Wildman–Crippen MR) is 77.4 cm³/mol. The van der Waals surface area contributed by atoms with Crippen LogP contribution in [0.1, 0.15) is 15.9 Å². The van der Waals surface area contributed by atoms with E-state index >= 15 is 0 Å². The first kappa shape index (κ1) is 14.2. The van der Waals surface area contributed by atoms with Crippen LogP contribution in [0.3, 0.4) is 0 Å². The number of halogens is 1. The Balaban J connectivity index is 2.00. The van der Waals surface area contributed by atoms with E-state index < -0.39 is 11.8 Å². The molecule has 4 heteroatoms. The maximum Gasteiger partial charge on any atom is 0.338 e. The lowest BCUT2D eigenvalue weighted by Crippen LogP contribution is -2.00. The predicted octanol–water partition coefficient (Wildman–Crippen LogP) is 3.67. The summed E-state index contributed by atoms with van der Waals surface area (Å²) in [4.78, 5) is 11.5. The number of hydrogen-bond acceptors (Lipinski definition) is 2. The quantitative estimate of drug-likeness (QED) is 0.691. The van der Waals surface area contributed by atoms with E-state index in [1.165, 1.54) is 17.8 Å². The topological polar surface area (TPSA) is 37.3 Å². The number of benzene rings is 2. The van der Waals surface area contributed by atoms with Crippen LogP contribution in [-0.2, 0) is 0 Å². The Morgan fingerprint density at radius 1 is 1.20 bits per heavy atom. The monoisotopic (exact) mass is 286 g/mol. The maximum atomic E-state index is 13.2. The number of carboxylic acid groups (broad SMARTS) is 1. The summed E-state index contributed by atoms with van der Waals surface area (Å²) in [6.45, 7) is 0. The summed E-state index contributed by atoms with van der Waals surface area (Å²) in [6, 6.07) is 13.6. The Hall–Kier alpha value is -2.25. The van der Waals surface area contributed by atoms with E-state index in [-0.39, 0.29) is 5.56 Å². The molecule has 0 aliphatic rings. The van der Waals surface area contributed by atoms with Crippen LogP contribution < -0.4 is 0 Å². The zero-order valence-corrected chi connectivity index (χ0v) is 11.3. The lowest BCUT2D eigenvalue weighted by Gasteiger charge is -2.01. The number of hydrogen-bond donors (Lipinski definition) is 1. The average Bonchev–Trinajstić information content (AvgIpc) is 2.46. The number of rotatable bonds is 3. The van der Waals surface area contributed by atoms with Crippen molar-refractivity contribution in [2.24, 2.45) is 0 Å². The van der Waals surface area contributed by atoms with Crippen LogP contribution in [0.2, 0.25) is 0 Å². The van der Waals surface area contributed by atoms with Gasteiger partial charge in [0.1, 0.15) is 5.82 Å². The number of carbonyl (C=O) groups is 1. The van der Waals surface area contributed by atoms with Crippen LogP contribution >= 0.6 is 11.8 Å². The van der Waals surface area contributed by atoms with Crippen molar-refractivity contribution in [1.82, 2.24) is 0 Å². The fraction of sp³-hybridized carbons (Fsp3) is 0.0625. The Morgan fingerprint density at radius 2 is 1.95 bits per heavy atom. The van der Waals surface area contributed by atoms with Crippen molar-refractivity contribution in [3.63, 3.8) is 0 Å². The molecule has 100 valence electrons. The van der Waals surface area contributed by atoms with Gasteiger partial charge >= 0.3 is 5.97 Å². The molecule has 0 saturated heterocycles. The van der Waals surface area contributed by atoms with Gasteiger partial charge in [-0.3, -0.25) is 0 Å². The Morgan fingerprint density at radius 3 is 2.65 bits per heavy atom. The second-order valence-electron chi connectivity index (χ2n) is 3.90. The molecule has 0 aromatic heterocycles. The average molecular weight is 286 g/mol. The van der Waals surface area contributed by atoms with E-state index in [0.717, 1.165) is 11.6 Å². The molecular formula is C16H11FO2S. The van der Waals surface area contributed by atoms with Crippen LogP contribution in [0.5, 0.6) is 0 Å². The minimum absolute atomic E-state index is 0.314. The molecule has 0 saturated carbocycles. The highest BCUT2D eigenvalue weighted by Crippen LogP contribution is 2.20. The van der Waals surface area contributed by atoms with Gasteiger partial charge in [-0.1, -0.05) is 30.0 Å². The van der Waals surface area contributed by atoms with Crippen molar-refractivity contribution in [1.29, 1.82) is 0 Å². The van der Waals surface area contributed by atoms with Gasteiger partial charge in [0.25, 0.3) is 0 Å². The molecule has 0 heterocycles. The first-order valence-electron chi connectivity index (χ1n) is 5.86. The third kappa shape index (κ3) is 3.87. The third-order valence-corrected chi connectivity index (χ3v) is 3.36. The van der Waals surface area contributed by atoms with E-state index in [1.807, 2.05) is 30.3 Å². The first-order chi connectivity index (χ1) is 9.66. The van der Waals surface area contributed by atoms with Gasteiger partial charge in [-0.25, -0.2) is 9.18 Å². The zero-order valence-electron chi connectivity index (χ0n) is 10.5. The highest BCUT2D eigenvalue weighted by Gasteiger charge is 2.10. The standard InChI is InChI=1S/C16H11FO2S/c17-15-9-8-13(11-14(15)16(18)19)20-10-4-7-12-5-2-1-3-6-12/h1-3,5-6,8-9,11H,10H2,(H,18,19). The summed E-state index contributed by atoms with van der Waals surface area (Å²) < 4.78 is 13.2. The molecule has 2 aromatic carbocycles. The van der Waals surface area contributed by atoms with E-state index in [0.29, 0.717) is 10.6 Å². The van der Waals surface area contributed by atoms with Gasteiger partial charge in [0.15, 0.2) is 0 Å². The normalized spacial score (nSPS) is 9.65. The number of aromatic carboxylic acids is 1. The van der Waals surface area contributed by atoms with Crippen molar-refractivity contribution in [3.8, 4) is 11.8 Å². The van der Waals surface area contributed by atoms with Crippen molar-refractivity contribution < 1.29 is 14.3 Å². The molecule has 0 radical (unpaired) electrons. The minimum Gasteiger partial charge on any atom is -0.478 e. The zero-order chi connectivity index (χ0) is 14.4. The highest BCUT2D eigenvalue weighted by molar-refractivity contribution is 7.99. The lowest BCUT2D eigenvalue weighted by molar-refractivity contribution is 0.0691. The Kier molecular flexibility index (Phi) is 4.80. The van der Waals surface area contributed by atoms with Crippen molar-refractivity contribution in [2.75, 3.05) is 5.75 Å². The third-order valence-electron chi connectivity index (χ3n) is 2.49. The molecule has 2 nitrogen and oxygen atoms in total. The van der Waals surface area contributed by atoms with Gasteiger partial charge in [0, 0.05) is 10.5 Å². The first-order valence-corrected chi connectivity index (χ1v) is 6.85. The van der Waals surface area contributed by atoms with Gasteiger partial charge in [-0.2, -0.15) is 0 Å². The fourth-order valence-electron chi connectivity index (χ4n) is 1.54. The van der Waals surface area contributed by atoms with E-state index in [4.69, 9.17) is 5.11 Å². The summed E-state index contributed by atoms with van der Waals surface area (Å²) in [5.74, 6) is 4.51. The highest BCUT2D eigenvalue weighted by atomic mass is 32.2. The van der Waals surface area contributed by atoms with E-state index in [2.05, 4.69) is 11.8 Å². The van der Waals surface area contributed by atoms with Gasteiger partial charge < -0.3 is 5.11 Å². The van der Waals surface area contributed by atoms with Crippen LogP contribution in [0.4, 0.5) is 4.39 Å². The smallest absolute Gasteiger partial charge is 0.338 e. The second kappa shape index (κ2) is 6.78. The minimum atomic E-state index is -1.26. The van der Waals surface area contributed by atoms with Gasteiger partial charge in [0.2, 0.25) is 0 Å². The Bertz CT molecular complexity index is 672. The molecular weight excluding hydrogens is 275 g/mol.